The maximum Gasteiger partial charge on any atom is 0.311 e. The molecule has 0 aromatic carbocycles. The molecule has 56 heavy (non-hydrogen) atoms. The molecule has 0 aliphatic carbocycles. The Morgan fingerprint density at radius 2 is 1.50 bits per heavy atom. The Morgan fingerprint density at radius 3 is 2.04 bits per heavy atom. The van der Waals surface area contributed by atoms with E-state index in [1.165, 1.54) is 14.0 Å². The minimum Gasteiger partial charge on any atom is -0.459 e. The zero-order chi connectivity index (χ0) is 42.7. The van der Waals surface area contributed by atoms with Crippen molar-refractivity contribution in [2.75, 3.05) is 28.3 Å². The number of aliphatic hydroxyl groups excluding tert-OH is 3. The van der Waals surface area contributed by atoms with E-state index >= 15 is 0 Å². The van der Waals surface area contributed by atoms with Crippen LogP contribution in [0.15, 0.2) is 10.2 Å². The highest BCUT2D eigenvalue weighted by Crippen LogP contribution is 2.42. The number of carbonyl (C=O) groups is 1. The number of hydrogen-bond acceptors (Lipinski definition) is 15. The Kier molecular flexibility index (Phi) is 17.1. The number of cyclic esters (lactones) is 1. The molecule has 0 amide bonds. The van der Waals surface area contributed by atoms with Crippen LogP contribution in [0.3, 0.4) is 0 Å². The summed E-state index contributed by atoms with van der Waals surface area (Å²) in [5, 5.41) is 55.6. The maximum absolute atomic E-state index is 14.4. The molecule has 0 saturated carbocycles. The van der Waals surface area contributed by atoms with Gasteiger partial charge in [0, 0.05) is 49.9 Å². The summed E-state index contributed by atoms with van der Waals surface area (Å²) in [4.78, 5) is 16.3. The fourth-order valence-electron chi connectivity index (χ4n) is 8.94. The first kappa shape index (κ1) is 48.7. The van der Waals surface area contributed by atoms with Crippen LogP contribution in [-0.4, -0.2) is 155 Å². The van der Waals surface area contributed by atoms with Crippen LogP contribution < -0.4 is 0 Å². The van der Waals surface area contributed by atoms with Crippen molar-refractivity contribution < 1.29 is 58.4 Å². The number of hydrogen-bond donors (Lipinski definition) is 4. The molecular formula is C41H75N3O12. The molecule has 4 N–H and O–H groups in total. The van der Waals surface area contributed by atoms with Crippen molar-refractivity contribution in [1.82, 2.24) is 4.90 Å². The predicted octanol–water partition coefficient (Wildman–Crippen LogP) is 3.71. The van der Waals surface area contributed by atoms with E-state index in [1.54, 1.807) is 41.7 Å². The maximum atomic E-state index is 14.4. The second-order valence-electron chi connectivity index (χ2n) is 17.8. The fraction of sp³-hybridized carbons (Fsp3) is 0.927. The standard InChI is InChI=1S/C41H75N3O12/c1-17-29-41(12,49)34(46)24(6)31(43-42-21(2)3)22(4)19-40(11,51-16)36(56-38-32(45)28(44(13)14)18-23(5)52-38)25(7)33(26(8)37(48)54-29)55-30-20-39(10,50-15)35(47)27(9)53-30/h22-30,32-36,38,45-47,49H,17-20H2,1-16H3/b43-31+/t22-,23?,24+,25+,26-,27+,28?,29-,30?,32?,33+,34-,35+,36-,38?,39-,40-,41-/m1/s1. The van der Waals surface area contributed by atoms with E-state index in [0.29, 0.717) is 17.8 Å². The van der Waals surface area contributed by atoms with Gasteiger partial charge in [0.05, 0.1) is 47.6 Å². The van der Waals surface area contributed by atoms with E-state index in [2.05, 4.69) is 10.2 Å². The molecule has 0 bridgehead atoms. The van der Waals surface area contributed by atoms with Crippen molar-refractivity contribution in [2.45, 2.75) is 193 Å². The highest BCUT2D eigenvalue weighted by molar-refractivity contribution is 5.90. The lowest BCUT2D eigenvalue weighted by atomic mass is 9.73. The molecule has 0 aromatic heterocycles. The summed E-state index contributed by atoms with van der Waals surface area (Å²) in [7, 11) is 6.90. The van der Waals surface area contributed by atoms with Gasteiger partial charge in [0.25, 0.3) is 0 Å². The van der Waals surface area contributed by atoms with E-state index < -0.39 is 102 Å². The first-order chi connectivity index (χ1) is 25.9. The molecule has 3 aliphatic rings. The average Bonchev–Trinajstić information content (AvgIpc) is 3.13. The van der Waals surface area contributed by atoms with Gasteiger partial charge in [0.1, 0.15) is 23.9 Å². The van der Waals surface area contributed by atoms with E-state index in [-0.39, 0.29) is 31.4 Å². The van der Waals surface area contributed by atoms with Crippen molar-refractivity contribution in [3.63, 3.8) is 0 Å². The highest BCUT2D eigenvalue weighted by Gasteiger charge is 2.54. The quantitative estimate of drug-likeness (QED) is 0.150. The number of carbonyl (C=O) groups excluding carboxylic acids is 1. The zero-order valence-electron chi connectivity index (χ0n) is 36.9. The van der Waals surface area contributed by atoms with Crippen LogP contribution in [0.1, 0.15) is 109 Å². The third-order valence-electron chi connectivity index (χ3n) is 12.7. The Labute approximate surface area is 335 Å². The third-order valence-corrected chi connectivity index (χ3v) is 12.7. The number of likely N-dealkylation sites (N-methyl/N-ethyl adjacent to an activating group) is 1. The molecule has 3 saturated heterocycles. The van der Waals surface area contributed by atoms with Crippen LogP contribution in [0.25, 0.3) is 0 Å². The van der Waals surface area contributed by atoms with Crippen molar-refractivity contribution in [1.29, 1.82) is 0 Å². The first-order valence-corrected chi connectivity index (χ1v) is 20.3. The van der Waals surface area contributed by atoms with Crippen molar-refractivity contribution in [3.8, 4) is 0 Å². The van der Waals surface area contributed by atoms with Crippen LogP contribution in [0.5, 0.6) is 0 Å². The smallest absolute Gasteiger partial charge is 0.311 e. The lowest BCUT2D eigenvalue weighted by molar-refractivity contribution is -0.319. The molecule has 326 valence electrons. The van der Waals surface area contributed by atoms with E-state index in [9.17, 15) is 25.2 Å². The Morgan fingerprint density at radius 1 is 0.893 bits per heavy atom. The Bertz CT molecular complexity index is 1340. The predicted molar refractivity (Wildman–Crippen MR) is 212 cm³/mol. The average molecular weight is 802 g/mol. The van der Waals surface area contributed by atoms with Gasteiger partial charge in [-0.15, -0.1) is 0 Å². The van der Waals surface area contributed by atoms with E-state index in [4.69, 9.17) is 33.2 Å². The molecule has 15 heteroatoms. The molecule has 0 spiro atoms. The van der Waals surface area contributed by atoms with Gasteiger partial charge in [-0.2, -0.15) is 10.2 Å². The monoisotopic (exact) mass is 802 g/mol. The van der Waals surface area contributed by atoms with Gasteiger partial charge in [-0.3, -0.25) is 4.79 Å². The topological polar surface area (TPSA) is 191 Å². The summed E-state index contributed by atoms with van der Waals surface area (Å²) < 4.78 is 44.6. The van der Waals surface area contributed by atoms with Crippen molar-refractivity contribution >= 4 is 17.4 Å². The van der Waals surface area contributed by atoms with E-state index in [0.717, 1.165) is 0 Å². The summed E-state index contributed by atoms with van der Waals surface area (Å²) in [6.07, 6.45) is -8.10. The van der Waals surface area contributed by atoms with Crippen molar-refractivity contribution in [2.24, 2.45) is 33.9 Å². The zero-order valence-corrected chi connectivity index (χ0v) is 36.9. The molecule has 0 aromatic rings. The SMILES string of the molecule is CC[C@H]1OC(=O)[C@H](C)[C@@H](OC2C[C@@](C)(OC)[C@@H](O)[C@H](C)O2)[C@H](C)[C@@H](OC2OC(C)CC(N(C)C)C2O)[C@](C)(OC)C[C@@H](C)/C(=N\N=C(C)C)[C@H](C)[C@@H](O)[C@]1(C)O. The molecule has 15 nitrogen and oxygen atoms in total. The third kappa shape index (κ3) is 10.8. The summed E-state index contributed by atoms with van der Waals surface area (Å²) in [6.45, 7) is 21.5. The molecule has 3 rings (SSSR count). The Hall–Kier alpha value is -1.63. The van der Waals surface area contributed by atoms with E-state index in [1.807, 2.05) is 60.5 Å². The number of rotatable bonds is 9. The second-order valence-corrected chi connectivity index (χ2v) is 17.8. The van der Waals surface area contributed by atoms with Crippen LogP contribution in [-0.2, 0) is 38.0 Å². The molecular weight excluding hydrogens is 726 g/mol. The van der Waals surface area contributed by atoms with Crippen LogP contribution in [0.2, 0.25) is 0 Å². The van der Waals surface area contributed by atoms with Crippen molar-refractivity contribution in [3.05, 3.63) is 0 Å². The van der Waals surface area contributed by atoms with Gasteiger partial charge in [-0.05, 0) is 94.7 Å². The lowest BCUT2D eigenvalue weighted by Crippen LogP contribution is -2.61. The second kappa shape index (κ2) is 19.6. The molecule has 3 fully saturated rings. The number of methoxy groups -OCH3 is 2. The number of nitrogens with zero attached hydrogens (tertiary/aromatic N) is 3. The highest BCUT2D eigenvalue weighted by atomic mass is 16.7. The molecule has 3 heterocycles. The normalized spacial score (nSPS) is 47.0. The summed E-state index contributed by atoms with van der Waals surface area (Å²) in [6, 6.07) is -0.267. The van der Waals surface area contributed by atoms with Crippen LogP contribution in [0, 0.1) is 23.7 Å². The largest absolute Gasteiger partial charge is 0.459 e. The Balaban J connectivity index is 2.31. The summed E-state index contributed by atoms with van der Waals surface area (Å²) in [5.74, 6) is -3.47. The van der Waals surface area contributed by atoms with Gasteiger partial charge < -0.3 is 58.5 Å². The number of ether oxygens (including phenoxy) is 7. The first-order valence-electron chi connectivity index (χ1n) is 20.3. The molecule has 3 aliphatic heterocycles. The summed E-state index contributed by atoms with van der Waals surface area (Å²) in [5.41, 5.74) is -2.88. The summed E-state index contributed by atoms with van der Waals surface area (Å²) >= 11 is 0. The lowest BCUT2D eigenvalue weighted by Gasteiger charge is -2.50. The number of esters is 1. The fourth-order valence-corrected chi connectivity index (χ4v) is 8.94. The molecule has 18 atom stereocenters. The van der Waals surface area contributed by atoms with Crippen LogP contribution >= 0.6 is 0 Å². The van der Waals surface area contributed by atoms with Gasteiger partial charge in [0.2, 0.25) is 0 Å². The molecule has 0 radical (unpaired) electrons. The van der Waals surface area contributed by atoms with Gasteiger partial charge in [-0.1, -0.05) is 27.7 Å². The van der Waals surface area contributed by atoms with Crippen LogP contribution in [0.4, 0.5) is 0 Å². The minimum absolute atomic E-state index is 0.143. The number of aliphatic hydroxyl groups is 4. The minimum atomic E-state index is -1.89. The van der Waals surface area contributed by atoms with Gasteiger partial charge in [0.15, 0.2) is 12.6 Å². The van der Waals surface area contributed by atoms with Gasteiger partial charge in [-0.25, -0.2) is 0 Å². The molecule has 5 unspecified atom stereocenters. The van der Waals surface area contributed by atoms with Gasteiger partial charge >= 0.3 is 5.97 Å².